The lowest BCUT2D eigenvalue weighted by Crippen LogP contribution is -2.10. The Morgan fingerprint density at radius 3 is 2.59 bits per heavy atom. The molecule has 0 aliphatic heterocycles. The molecule has 0 saturated carbocycles. The third-order valence-corrected chi connectivity index (χ3v) is 5.07. The summed E-state index contributed by atoms with van der Waals surface area (Å²) >= 11 is 6.00. The van der Waals surface area contributed by atoms with Crippen molar-refractivity contribution < 1.29 is 13.9 Å². The maximum atomic E-state index is 14.7. The molecule has 0 amide bonds. The van der Waals surface area contributed by atoms with Crippen LogP contribution in [0.5, 0.6) is 0 Å². The van der Waals surface area contributed by atoms with Crippen LogP contribution in [0.1, 0.15) is 34.4 Å². The van der Waals surface area contributed by atoms with Crippen LogP contribution in [0.3, 0.4) is 0 Å². The molecule has 2 heterocycles. The summed E-state index contributed by atoms with van der Waals surface area (Å²) in [5.41, 5.74) is 3.33. The summed E-state index contributed by atoms with van der Waals surface area (Å²) in [5, 5.41) is 0.573. The number of hydrogen-bond acceptors (Lipinski definition) is 5. The molecule has 0 saturated heterocycles. The van der Waals surface area contributed by atoms with Crippen LogP contribution >= 0.6 is 11.6 Å². The molecule has 8 heteroatoms. The molecule has 0 N–H and O–H groups in total. The topological polar surface area (TPSA) is 69.9 Å². The van der Waals surface area contributed by atoms with Crippen LogP contribution in [-0.2, 0) is 11.2 Å². The van der Waals surface area contributed by atoms with Gasteiger partial charge in [-0.25, -0.2) is 24.1 Å². The van der Waals surface area contributed by atoms with Gasteiger partial charge in [0.05, 0.1) is 30.0 Å². The molecular formula is C24H20ClFN4O2. The number of aryl methyl sites for hydroxylation is 1. The van der Waals surface area contributed by atoms with E-state index in [0.29, 0.717) is 39.8 Å². The molecular weight excluding hydrogens is 431 g/mol. The van der Waals surface area contributed by atoms with E-state index in [-0.39, 0.29) is 18.0 Å². The Bertz CT molecular complexity index is 1270. The van der Waals surface area contributed by atoms with Crippen molar-refractivity contribution in [3.63, 3.8) is 0 Å². The largest absolute Gasteiger partial charge is 0.462 e. The lowest BCUT2D eigenvalue weighted by Gasteiger charge is -2.11. The van der Waals surface area contributed by atoms with E-state index in [0.717, 1.165) is 5.69 Å². The van der Waals surface area contributed by atoms with Crippen molar-refractivity contribution in [1.82, 2.24) is 19.5 Å². The van der Waals surface area contributed by atoms with Gasteiger partial charge in [-0.3, -0.25) is 0 Å². The highest BCUT2D eigenvalue weighted by atomic mass is 35.5. The smallest absolute Gasteiger partial charge is 0.341 e. The molecule has 162 valence electrons. The monoisotopic (exact) mass is 450 g/mol. The summed E-state index contributed by atoms with van der Waals surface area (Å²) in [7, 11) is 0. The number of halogens is 2. The fourth-order valence-electron chi connectivity index (χ4n) is 3.29. The predicted octanol–water partition coefficient (Wildman–Crippen LogP) is 5.20. The molecule has 0 radical (unpaired) electrons. The molecule has 0 bridgehead atoms. The number of carbonyl (C=O) groups is 1. The second-order valence-corrected chi connectivity index (χ2v) is 7.60. The van der Waals surface area contributed by atoms with Crippen molar-refractivity contribution in [2.24, 2.45) is 0 Å². The molecule has 4 aromatic rings. The van der Waals surface area contributed by atoms with Crippen molar-refractivity contribution >= 4 is 17.6 Å². The quantitative estimate of drug-likeness (QED) is 0.378. The zero-order valence-electron chi connectivity index (χ0n) is 17.5. The molecule has 0 atom stereocenters. The molecule has 0 unspecified atom stereocenters. The minimum Gasteiger partial charge on any atom is -0.462 e. The van der Waals surface area contributed by atoms with Gasteiger partial charge in [0.25, 0.3) is 0 Å². The zero-order chi connectivity index (χ0) is 22.7. The van der Waals surface area contributed by atoms with E-state index < -0.39 is 5.97 Å². The standard InChI is InChI=1S/C24H20ClFN4O2/c1-3-32-24(31)19-12-27-22(29-23(19)17-5-7-18(25)8-6-17)11-16-4-9-21(20(26)10-16)30-13-15(2)28-14-30/h4-10,12-14H,3,11H2,1-2H3. The van der Waals surface area contributed by atoms with Crippen molar-refractivity contribution in [2.75, 3.05) is 6.61 Å². The van der Waals surface area contributed by atoms with Crippen LogP contribution in [-0.4, -0.2) is 32.1 Å². The van der Waals surface area contributed by atoms with E-state index in [9.17, 15) is 9.18 Å². The summed E-state index contributed by atoms with van der Waals surface area (Å²) in [6.45, 7) is 3.82. The summed E-state index contributed by atoms with van der Waals surface area (Å²) in [6, 6.07) is 12.0. The average Bonchev–Trinajstić information content (AvgIpc) is 3.20. The molecule has 0 aliphatic rings. The Morgan fingerprint density at radius 2 is 1.94 bits per heavy atom. The molecule has 0 fully saturated rings. The first-order valence-electron chi connectivity index (χ1n) is 10.0. The number of nitrogens with zero attached hydrogens (tertiary/aromatic N) is 4. The summed E-state index contributed by atoms with van der Waals surface area (Å²) < 4.78 is 21.5. The van der Waals surface area contributed by atoms with Gasteiger partial charge in [0.2, 0.25) is 0 Å². The second kappa shape index (κ2) is 9.28. The van der Waals surface area contributed by atoms with Gasteiger partial charge in [-0.1, -0.05) is 29.8 Å². The van der Waals surface area contributed by atoms with Gasteiger partial charge >= 0.3 is 5.97 Å². The minimum atomic E-state index is -0.505. The predicted molar refractivity (Wildman–Crippen MR) is 119 cm³/mol. The van der Waals surface area contributed by atoms with Crippen LogP contribution in [0.2, 0.25) is 5.02 Å². The van der Waals surface area contributed by atoms with E-state index >= 15 is 0 Å². The van der Waals surface area contributed by atoms with Gasteiger partial charge in [-0.2, -0.15) is 0 Å². The zero-order valence-corrected chi connectivity index (χ0v) is 18.3. The Kier molecular flexibility index (Phi) is 6.28. The number of imidazole rings is 1. The van der Waals surface area contributed by atoms with Crippen LogP contribution in [0.25, 0.3) is 16.9 Å². The van der Waals surface area contributed by atoms with Crippen molar-refractivity contribution in [1.29, 1.82) is 0 Å². The average molecular weight is 451 g/mol. The van der Waals surface area contributed by atoms with Crippen LogP contribution in [0.4, 0.5) is 4.39 Å². The molecule has 6 nitrogen and oxygen atoms in total. The summed E-state index contributed by atoms with van der Waals surface area (Å²) in [4.78, 5) is 25.5. The van der Waals surface area contributed by atoms with Crippen LogP contribution in [0, 0.1) is 12.7 Å². The lowest BCUT2D eigenvalue weighted by molar-refractivity contribution is 0.0526. The number of rotatable bonds is 6. The number of aromatic nitrogens is 4. The first-order chi connectivity index (χ1) is 15.4. The van der Waals surface area contributed by atoms with Gasteiger partial charge in [-0.05, 0) is 43.7 Å². The maximum absolute atomic E-state index is 14.7. The third-order valence-electron chi connectivity index (χ3n) is 4.82. The van der Waals surface area contributed by atoms with Gasteiger partial charge in [-0.15, -0.1) is 0 Å². The van der Waals surface area contributed by atoms with E-state index in [4.69, 9.17) is 16.3 Å². The number of ether oxygens (including phenoxy) is 1. The van der Waals surface area contributed by atoms with E-state index in [1.165, 1.54) is 12.3 Å². The normalized spacial score (nSPS) is 10.9. The molecule has 4 rings (SSSR count). The second-order valence-electron chi connectivity index (χ2n) is 7.16. The number of hydrogen-bond donors (Lipinski definition) is 0. The Morgan fingerprint density at radius 1 is 1.16 bits per heavy atom. The van der Waals surface area contributed by atoms with Gasteiger partial charge in [0, 0.05) is 29.4 Å². The molecule has 2 aromatic heterocycles. The highest BCUT2D eigenvalue weighted by Gasteiger charge is 2.18. The fraction of sp³-hybridized carbons (Fsp3) is 0.167. The highest BCUT2D eigenvalue weighted by molar-refractivity contribution is 6.30. The van der Waals surface area contributed by atoms with Crippen molar-refractivity contribution in [3.8, 4) is 16.9 Å². The summed E-state index contributed by atoms with van der Waals surface area (Å²) in [5.74, 6) is -0.426. The first-order valence-corrected chi connectivity index (χ1v) is 10.4. The SMILES string of the molecule is CCOC(=O)c1cnc(Cc2ccc(-n3cnc(C)c3)c(F)c2)nc1-c1ccc(Cl)cc1. The molecule has 0 aliphatic carbocycles. The lowest BCUT2D eigenvalue weighted by atomic mass is 10.1. The minimum absolute atomic E-state index is 0.239. The Balaban J connectivity index is 1.67. The number of esters is 1. The van der Waals surface area contributed by atoms with Gasteiger partial charge in [0.1, 0.15) is 17.2 Å². The maximum Gasteiger partial charge on any atom is 0.341 e. The van der Waals surface area contributed by atoms with E-state index in [1.54, 1.807) is 54.3 Å². The number of carbonyl (C=O) groups excluding carboxylic acids is 1. The van der Waals surface area contributed by atoms with Crippen LogP contribution < -0.4 is 0 Å². The highest BCUT2D eigenvalue weighted by Crippen LogP contribution is 2.25. The first kappa shape index (κ1) is 21.6. The van der Waals surface area contributed by atoms with Crippen LogP contribution in [0.15, 0.2) is 61.2 Å². The number of benzene rings is 2. The molecule has 0 spiro atoms. The van der Waals surface area contributed by atoms with E-state index in [1.807, 2.05) is 13.0 Å². The summed E-state index contributed by atoms with van der Waals surface area (Å²) in [6.07, 6.45) is 5.07. The van der Waals surface area contributed by atoms with Crippen molar-refractivity contribution in [2.45, 2.75) is 20.3 Å². The van der Waals surface area contributed by atoms with Gasteiger partial charge in [0.15, 0.2) is 0 Å². The van der Waals surface area contributed by atoms with Crippen molar-refractivity contribution in [3.05, 3.63) is 94.7 Å². The third kappa shape index (κ3) is 4.68. The Labute approximate surface area is 189 Å². The molecule has 32 heavy (non-hydrogen) atoms. The Hall–Kier alpha value is -3.58. The van der Waals surface area contributed by atoms with Gasteiger partial charge < -0.3 is 9.30 Å². The molecule has 2 aromatic carbocycles. The van der Waals surface area contributed by atoms with E-state index in [2.05, 4.69) is 15.0 Å². The fourth-order valence-corrected chi connectivity index (χ4v) is 3.42.